The predicted octanol–water partition coefficient (Wildman–Crippen LogP) is 3.38. The van der Waals surface area contributed by atoms with Crippen LogP contribution in [-0.4, -0.2) is 56.9 Å². The average molecular weight is 746 g/mol. The highest BCUT2D eigenvalue weighted by molar-refractivity contribution is 6.08. The first kappa shape index (κ1) is 37.1. The van der Waals surface area contributed by atoms with E-state index in [1.165, 1.54) is 6.07 Å². The number of allylic oxidation sites excluding steroid dienone is 1. The molecule has 11 nitrogen and oxygen atoms in total. The summed E-state index contributed by atoms with van der Waals surface area (Å²) in [6, 6.07) is 7.08. The Bertz CT molecular complexity index is 2130. The highest BCUT2D eigenvalue weighted by atomic mass is 16.5. The number of nitrogens with two attached hydrogens (primary N) is 1. The molecule has 0 radical (unpaired) electrons. The maximum Gasteiger partial charge on any atom is 0.252 e. The van der Waals surface area contributed by atoms with E-state index in [9.17, 15) is 25.2 Å². The molecule has 0 saturated heterocycles. The minimum Gasteiger partial charge on any atom is -0.508 e. The normalized spacial score (nSPS) is 26.2. The van der Waals surface area contributed by atoms with E-state index in [4.69, 9.17) is 20.2 Å². The summed E-state index contributed by atoms with van der Waals surface area (Å²) >= 11 is 0. The Hall–Kier alpha value is -4.88. The molecule has 7 unspecified atom stereocenters. The quantitative estimate of drug-likeness (QED) is 0.190. The molecule has 5 heterocycles. The Morgan fingerprint density at radius 1 is 1.15 bits per heavy atom. The maximum atomic E-state index is 12.9. The lowest BCUT2D eigenvalue weighted by atomic mass is 9.73. The van der Waals surface area contributed by atoms with Crippen LogP contribution in [0.5, 0.6) is 17.2 Å². The Labute approximate surface area is 321 Å². The first-order valence-corrected chi connectivity index (χ1v) is 19.6. The van der Waals surface area contributed by atoms with Gasteiger partial charge in [-0.15, -0.1) is 0 Å². The number of aliphatic hydroxyl groups is 3. The molecule has 11 heteroatoms. The third-order valence-corrected chi connectivity index (χ3v) is 12.0. The number of nitrogens with one attached hydrogen (secondary N) is 2. The van der Waals surface area contributed by atoms with Crippen LogP contribution in [0.1, 0.15) is 105 Å². The zero-order valence-electron chi connectivity index (χ0n) is 31.1. The van der Waals surface area contributed by atoms with Gasteiger partial charge in [0.15, 0.2) is 11.5 Å². The van der Waals surface area contributed by atoms with Gasteiger partial charge >= 0.3 is 0 Å². The topological polar surface area (TPSA) is 171 Å². The molecule has 2 bridgehead atoms. The number of benzene rings is 2. The van der Waals surface area contributed by atoms with Crippen molar-refractivity contribution in [3.8, 4) is 41.1 Å². The van der Waals surface area contributed by atoms with Gasteiger partial charge in [0.2, 0.25) is 0 Å². The number of carbonyl (C=O) groups excluding carboxylic acids is 1. The number of carbonyl (C=O) groups is 1. The molecule has 286 valence electrons. The van der Waals surface area contributed by atoms with Crippen LogP contribution in [0.15, 0.2) is 59.0 Å². The minimum atomic E-state index is -1.09. The van der Waals surface area contributed by atoms with Gasteiger partial charge in [0, 0.05) is 31.5 Å². The van der Waals surface area contributed by atoms with Gasteiger partial charge in [-0.25, -0.2) is 0 Å². The van der Waals surface area contributed by atoms with Crippen LogP contribution in [0.2, 0.25) is 0 Å². The van der Waals surface area contributed by atoms with E-state index in [2.05, 4.69) is 35.4 Å². The maximum absolute atomic E-state index is 12.9. The molecule has 0 amide bonds. The van der Waals surface area contributed by atoms with Gasteiger partial charge in [0.05, 0.1) is 23.2 Å². The molecule has 2 aromatic carbocycles. The van der Waals surface area contributed by atoms with Crippen molar-refractivity contribution in [2.75, 3.05) is 6.54 Å². The number of phenols is 1. The summed E-state index contributed by atoms with van der Waals surface area (Å²) in [5, 5.41) is 46.6. The molecule has 1 spiro atoms. The van der Waals surface area contributed by atoms with Gasteiger partial charge < -0.3 is 41.0 Å². The SMILES string of the molecule is CCCC(O)CC(O)CC(=O)CCc1cc2c(cc1O)OC#CC1(CCCC1)C1C#CC(O)c3ccc4c(c3CC3=CN=C5C[NH+](C=C35)C1O2)C=CNC4N. The third-order valence-electron chi connectivity index (χ3n) is 12.0. The summed E-state index contributed by atoms with van der Waals surface area (Å²) in [6.07, 6.45) is 13.1. The monoisotopic (exact) mass is 745 g/mol. The molecule has 7 atom stereocenters. The fraction of sp³-hybridized carbons (Fsp3) is 0.455. The summed E-state index contributed by atoms with van der Waals surface area (Å²) in [7, 11) is 0. The second-order valence-corrected chi connectivity index (χ2v) is 15.7. The van der Waals surface area contributed by atoms with E-state index in [1.807, 2.05) is 37.5 Å². The van der Waals surface area contributed by atoms with Crippen molar-refractivity contribution in [1.82, 2.24) is 5.32 Å². The summed E-state index contributed by atoms with van der Waals surface area (Å²) < 4.78 is 13.1. The highest BCUT2D eigenvalue weighted by Crippen LogP contribution is 2.47. The molecule has 1 aliphatic carbocycles. The van der Waals surface area contributed by atoms with Gasteiger partial charge in [-0.1, -0.05) is 56.1 Å². The molecule has 2 aromatic rings. The standard InChI is InChI=1S/C44H48N4O7/c1-2-5-28(49)20-30(51)21-29(50)7-6-26-19-41-40(22-39(26)53)54-17-15-44(13-3-4-14-44)36-10-11-38(52)32-8-9-33-31(12-16-46-42(33)45)34(32)18-27-23-47-37-25-48(24-35(27)37)43(36)55-41/h8-9,12,16,19,22-24,28,30,36,38,42-43,46,49,51-53H,2-7,13-14,18,20-21,25,45H2,1H3/p+1. The second-order valence-electron chi connectivity index (χ2n) is 15.7. The summed E-state index contributed by atoms with van der Waals surface area (Å²) in [5.74, 6) is 10.2. The van der Waals surface area contributed by atoms with Gasteiger partial charge in [0.25, 0.3) is 6.23 Å². The predicted molar refractivity (Wildman–Crippen MR) is 206 cm³/mol. The molecule has 5 aliphatic heterocycles. The van der Waals surface area contributed by atoms with Crippen molar-refractivity contribution in [2.24, 2.45) is 22.1 Å². The Morgan fingerprint density at radius 2 is 1.96 bits per heavy atom. The van der Waals surface area contributed by atoms with Crippen molar-refractivity contribution in [2.45, 2.75) is 108 Å². The van der Waals surface area contributed by atoms with Gasteiger partial charge in [-0.2, -0.15) is 0 Å². The Kier molecular flexibility index (Phi) is 10.3. The van der Waals surface area contributed by atoms with Gasteiger partial charge in [-0.3, -0.25) is 14.7 Å². The summed E-state index contributed by atoms with van der Waals surface area (Å²) in [5.41, 5.74) is 13.0. The van der Waals surface area contributed by atoms with E-state index in [-0.39, 0.29) is 49.1 Å². The third kappa shape index (κ3) is 7.31. The first-order chi connectivity index (χ1) is 26.6. The number of ketones is 1. The largest absolute Gasteiger partial charge is 0.508 e. The number of ether oxygens (including phenoxy) is 2. The number of hydrogen-bond acceptors (Lipinski definition) is 10. The lowest BCUT2D eigenvalue weighted by Crippen LogP contribution is -3.13. The molecule has 6 aliphatic rings. The summed E-state index contributed by atoms with van der Waals surface area (Å²) in [4.78, 5) is 18.8. The van der Waals surface area contributed by atoms with Crippen molar-refractivity contribution in [3.63, 3.8) is 0 Å². The van der Waals surface area contributed by atoms with Crippen LogP contribution in [0, 0.1) is 35.2 Å². The van der Waals surface area contributed by atoms with Crippen LogP contribution in [0.25, 0.3) is 6.08 Å². The fourth-order valence-electron chi connectivity index (χ4n) is 9.08. The molecular weight excluding hydrogens is 697 g/mol. The van der Waals surface area contributed by atoms with Crippen LogP contribution >= 0.6 is 0 Å². The van der Waals surface area contributed by atoms with Gasteiger partial charge in [0.1, 0.15) is 54.3 Å². The number of aryl methyl sites for hydroxylation is 1. The summed E-state index contributed by atoms with van der Waals surface area (Å²) in [6.45, 7) is 2.52. The van der Waals surface area contributed by atoms with Crippen LogP contribution in [-0.2, 0) is 17.6 Å². The molecular formula is C44H49N4O7+. The number of Topliss-reactive ketones (excluding diaryl/α,β-unsaturated/α-hetero) is 1. The molecule has 0 aromatic heterocycles. The molecule has 55 heavy (non-hydrogen) atoms. The van der Waals surface area contributed by atoms with Crippen molar-refractivity contribution >= 4 is 17.6 Å². The van der Waals surface area contributed by atoms with Gasteiger partial charge in [-0.05, 0) is 83.8 Å². The van der Waals surface area contributed by atoms with Crippen LogP contribution in [0.4, 0.5) is 0 Å². The number of quaternary nitrogens is 1. The number of aliphatic hydroxyl groups excluding tert-OH is 3. The van der Waals surface area contributed by atoms with Crippen molar-refractivity contribution in [3.05, 3.63) is 81.8 Å². The number of nitrogens with zero attached hydrogens (tertiary/aromatic N) is 1. The fourth-order valence-corrected chi connectivity index (χ4v) is 9.08. The number of rotatable bonds is 9. The number of phenolic OH excluding ortho intramolecular Hbond substituents is 1. The van der Waals surface area contributed by atoms with E-state index in [0.29, 0.717) is 30.7 Å². The lowest BCUT2D eigenvalue weighted by Gasteiger charge is -2.36. The number of hydrogen-bond donors (Lipinski definition) is 7. The highest BCUT2D eigenvalue weighted by Gasteiger charge is 2.51. The zero-order valence-corrected chi connectivity index (χ0v) is 31.1. The number of aliphatic imine (C=N–C) groups is 1. The Balaban J connectivity index is 1.16. The van der Waals surface area contributed by atoms with Crippen LogP contribution in [0.3, 0.4) is 0 Å². The lowest BCUT2D eigenvalue weighted by molar-refractivity contribution is -0.888. The van der Waals surface area contributed by atoms with E-state index in [1.54, 1.807) is 6.07 Å². The molecule has 1 fully saturated rings. The second kappa shape index (κ2) is 15.3. The molecule has 1 saturated carbocycles. The zero-order chi connectivity index (χ0) is 38.3. The number of aromatic hydroxyl groups is 1. The van der Waals surface area contributed by atoms with Crippen molar-refractivity contribution < 1.29 is 39.6 Å². The average Bonchev–Trinajstić information content (AvgIpc) is 3.90. The van der Waals surface area contributed by atoms with E-state index in [0.717, 1.165) is 76.1 Å². The minimum absolute atomic E-state index is 0.0504. The molecule has 8 rings (SSSR count). The Morgan fingerprint density at radius 3 is 2.78 bits per heavy atom. The smallest absolute Gasteiger partial charge is 0.252 e. The number of fused-ring (bicyclic) bond motifs is 8. The van der Waals surface area contributed by atoms with E-state index >= 15 is 0 Å². The van der Waals surface area contributed by atoms with E-state index < -0.39 is 35.9 Å². The van der Waals surface area contributed by atoms with Crippen molar-refractivity contribution in [1.29, 1.82) is 0 Å². The molecule has 8 N–H and O–H groups in total. The first-order valence-electron chi connectivity index (χ1n) is 19.6. The van der Waals surface area contributed by atoms with Crippen LogP contribution < -0.4 is 25.4 Å².